The van der Waals surface area contributed by atoms with E-state index < -0.39 is 0 Å². The van der Waals surface area contributed by atoms with Gasteiger partial charge in [-0.2, -0.15) is 0 Å². The smallest absolute Gasteiger partial charge is 0.138 e. The minimum Gasteiger partial charge on any atom is -0.495 e. The maximum absolute atomic E-state index is 6.15. The van der Waals surface area contributed by atoms with Gasteiger partial charge in [-0.1, -0.05) is 30.1 Å². The standard InChI is InChI=1S/C14H21Cl2NO2/c1-3-5-17-6-8-19-7-4-11-9-13(16)14(18-2)10-12(11)15/h9-10,17H,3-8H2,1-2H3. The monoisotopic (exact) mass is 305 g/mol. The molecule has 5 heteroatoms. The van der Waals surface area contributed by atoms with Crippen LogP contribution in [0.25, 0.3) is 0 Å². The Labute approximate surface area is 125 Å². The van der Waals surface area contributed by atoms with Crippen molar-refractivity contribution < 1.29 is 9.47 Å². The highest BCUT2D eigenvalue weighted by Crippen LogP contribution is 2.31. The average molecular weight is 306 g/mol. The van der Waals surface area contributed by atoms with Gasteiger partial charge in [-0.25, -0.2) is 0 Å². The Balaban J connectivity index is 2.31. The van der Waals surface area contributed by atoms with Crippen LogP contribution >= 0.6 is 23.2 Å². The van der Waals surface area contributed by atoms with E-state index in [-0.39, 0.29) is 0 Å². The molecule has 0 radical (unpaired) electrons. The molecule has 0 aliphatic carbocycles. The summed E-state index contributed by atoms with van der Waals surface area (Å²) in [6, 6.07) is 3.57. The maximum atomic E-state index is 6.15. The van der Waals surface area contributed by atoms with Gasteiger partial charge in [-0.05, 0) is 31.0 Å². The fourth-order valence-electron chi connectivity index (χ4n) is 1.65. The van der Waals surface area contributed by atoms with Crippen LogP contribution in [0.4, 0.5) is 0 Å². The van der Waals surface area contributed by atoms with Crippen LogP contribution in [0.1, 0.15) is 18.9 Å². The van der Waals surface area contributed by atoms with Crippen LogP contribution in [0.15, 0.2) is 12.1 Å². The Morgan fingerprint density at radius 3 is 2.58 bits per heavy atom. The molecule has 0 unspecified atom stereocenters. The minimum atomic E-state index is 0.575. The number of benzene rings is 1. The van der Waals surface area contributed by atoms with Crippen molar-refractivity contribution in [3.8, 4) is 5.75 Å². The molecule has 108 valence electrons. The zero-order valence-corrected chi connectivity index (χ0v) is 13.0. The molecule has 19 heavy (non-hydrogen) atoms. The summed E-state index contributed by atoms with van der Waals surface area (Å²) in [5.74, 6) is 0.597. The molecule has 1 aromatic carbocycles. The summed E-state index contributed by atoms with van der Waals surface area (Å²) in [5.41, 5.74) is 0.981. The van der Waals surface area contributed by atoms with Crippen molar-refractivity contribution in [1.82, 2.24) is 5.32 Å². The van der Waals surface area contributed by atoms with E-state index in [4.69, 9.17) is 32.7 Å². The molecule has 0 aliphatic rings. The van der Waals surface area contributed by atoms with Crippen LogP contribution in [-0.4, -0.2) is 33.4 Å². The van der Waals surface area contributed by atoms with Crippen molar-refractivity contribution in [1.29, 1.82) is 0 Å². The molecule has 1 rings (SSSR count). The summed E-state index contributed by atoms with van der Waals surface area (Å²) in [7, 11) is 1.57. The van der Waals surface area contributed by atoms with Crippen LogP contribution in [0.2, 0.25) is 10.0 Å². The number of nitrogens with one attached hydrogen (secondary N) is 1. The summed E-state index contributed by atoms with van der Waals surface area (Å²) >= 11 is 12.2. The van der Waals surface area contributed by atoms with Gasteiger partial charge < -0.3 is 14.8 Å². The molecule has 0 aliphatic heterocycles. The first kappa shape index (κ1) is 16.6. The summed E-state index contributed by atoms with van der Waals surface area (Å²) < 4.78 is 10.6. The molecule has 0 fully saturated rings. The van der Waals surface area contributed by atoms with Crippen molar-refractivity contribution in [2.45, 2.75) is 19.8 Å². The Hall–Kier alpha value is -0.480. The van der Waals surface area contributed by atoms with Gasteiger partial charge in [0.15, 0.2) is 0 Å². The number of rotatable bonds is 9. The lowest BCUT2D eigenvalue weighted by Gasteiger charge is -2.09. The molecular formula is C14H21Cl2NO2. The molecule has 1 aromatic rings. The number of hydrogen-bond acceptors (Lipinski definition) is 3. The molecule has 0 saturated carbocycles. The largest absolute Gasteiger partial charge is 0.495 e. The number of halogens is 2. The van der Waals surface area contributed by atoms with E-state index in [1.807, 2.05) is 6.07 Å². The first-order valence-electron chi connectivity index (χ1n) is 6.49. The molecule has 3 nitrogen and oxygen atoms in total. The quantitative estimate of drug-likeness (QED) is 0.708. The zero-order valence-electron chi connectivity index (χ0n) is 11.5. The van der Waals surface area contributed by atoms with Gasteiger partial charge >= 0.3 is 0 Å². The highest BCUT2D eigenvalue weighted by atomic mass is 35.5. The second-order valence-corrected chi connectivity index (χ2v) is 5.00. The minimum absolute atomic E-state index is 0.575. The third kappa shape index (κ3) is 6.00. The van der Waals surface area contributed by atoms with Gasteiger partial charge in [-0.15, -0.1) is 0 Å². The van der Waals surface area contributed by atoms with Crippen molar-refractivity contribution in [2.75, 3.05) is 33.4 Å². The zero-order chi connectivity index (χ0) is 14.1. The lowest BCUT2D eigenvalue weighted by Crippen LogP contribution is -2.20. The van der Waals surface area contributed by atoms with Crippen molar-refractivity contribution in [2.24, 2.45) is 0 Å². The second kappa shape index (κ2) is 9.43. The second-order valence-electron chi connectivity index (χ2n) is 4.19. The number of hydrogen-bond donors (Lipinski definition) is 1. The Kier molecular flexibility index (Phi) is 8.22. The highest BCUT2D eigenvalue weighted by Gasteiger charge is 2.07. The fraction of sp³-hybridized carbons (Fsp3) is 0.571. The van der Waals surface area contributed by atoms with E-state index in [1.54, 1.807) is 13.2 Å². The predicted octanol–water partition coefficient (Wildman–Crippen LogP) is 3.56. The highest BCUT2D eigenvalue weighted by molar-refractivity contribution is 6.34. The molecule has 1 N–H and O–H groups in total. The van der Waals surface area contributed by atoms with Gasteiger partial charge in [0.2, 0.25) is 0 Å². The maximum Gasteiger partial charge on any atom is 0.138 e. The van der Waals surface area contributed by atoms with E-state index in [0.29, 0.717) is 29.0 Å². The molecule has 0 aromatic heterocycles. The van der Waals surface area contributed by atoms with Crippen LogP contribution in [-0.2, 0) is 11.2 Å². The van der Waals surface area contributed by atoms with Gasteiger partial charge in [0, 0.05) is 17.6 Å². The Morgan fingerprint density at radius 1 is 1.11 bits per heavy atom. The van der Waals surface area contributed by atoms with E-state index in [2.05, 4.69) is 12.2 Å². The van der Waals surface area contributed by atoms with Crippen LogP contribution in [0.3, 0.4) is 0 Å². The predicted molar refractivity (Wildman–Crippen MR) is 80.7 cm³/mol. The van der Waals surface area contributed by atoms with Gasteiger partial charge in [0.25, 0.3) is 0 Å². The van der Waals surface area contributed by atoms with Crippen LogP contribution < -0.4 is 10.1 Å². The SMILES string of the molecule is CCCNCCOCCc1cc(Cl)c(OC)cc1Cl. The van der Waals surface area contributed by atoms with Crippen LogP contribution in [0, 0.1) is 0 Å². The van der Waals surface area contributed by atoms with Gasteiger partial charge in [0.05, 0.1) is 25.3 Å². The van der Waals surface area contributed by atoms with Crippen LogP contribution in [0.5, 0.6) is 5.75 Å². The number of methoxy groups -OCH3 is 1. The lowest BCUT2D eigenvalue weighted by molar-refractivity contribution is 0.139. The van der Waals surface area contributed by atoms with Gasteiger partial charge in [0.1, 0.15) is 5.75 Å². The van der Waals surface area contributed by atoms with E-state index in [1.165, 1.54) is 0 Å². The molecule has 0 atom stereocenters. The molecular weight excluding hydrogens is 285 g/mol. The topological polar surface area (TPSA) is 30.5 Å². The molecule has 0 heterocycles. The van der Waals surface area contributed by atoms with Gasteiger partial charge in [-0.3, -0.25) is 0 Å². The fourth-order valence-corrected chi connectivity index (χ4v) is 2.16. The molecule has 0 saturated heterocycles. The van der Waals surface area contributed by atoms with E-state index in [9.17, 15) is 0 Å². The molecule has 0 spiro atoms. The first-order valence-corrected chi connectivity index (χ1v) is 7.25. The van der Waals surface area contributed by atoms with Crippen molar-refractivity contribution >= 4 is 23.2 Å². The van der Waals surface area contributed by atoms with Crippen molar-refractivity contribution in [3.05, 3.63) is 27.7 Å². The summed E-state index contributed by atoms with van der Waals surface area (Å²) in [6.45, 7) is 5.40. The first-order chi connectivity index (χ1) is 9.19. The average Bonchev–Trinajstić information content (AvgIpc) is 2.41. The Bertz CT molecular complexity index is 386. The Morgan fingerprint density at radius 2 is 1.89 bits per heavy atom. The third-order valence-corrected chi connectivity index (χ3v) is 3.33. The molecule has 0 amide bonds. The normalized spacial score (nSPS) is 10.7. The molecule has 0 bridgehead atoms. The summed E-state index contributed by atoms with van der Waals surface area (Å²) in [5, 5.41) is 4.52. The third-order valence-electron chi connectivity index (χ3n) is 2.69. The van der Waals surface area contributed by atoms with E-state index in [0.717, 1.165) is 31.5 Å². The van der Waals surface area contributed by atoms with Crippen molar-refractivity contribution in [3.63, 3.8) is 0 Å². The summed E-state index contributed by atoms with van der Waals surface area (Å²) in [4.78, 5) is 0. The number of ether oxygens (including phenoxy) is 2. The lowest BCUT2D eigenvalue weighted by atomic mass is 10.1. The summed E-state index contributed by atoms with van der Waals surface area (Å²) in [6.07, 6.45) is 1.89. The van der Waals surface area contributed by atoms with E-state index >= 15 is 0 Å².